The largest absolute Gasteiger partial charge is 0.547 e. The molecule has 0 aliphatic heterocycles. The van der Waals surface area contributed by atoms with Crippen LogP contribution in [-0.2, 0) is 10.4 Å². The summed E-state index contributed by atoms with van der Waals surface area (Å²) in [6, 6.07) is 4.58. The number of carboxylic acids is 1. The summed E-state index contributed by atoms with van der Waals surface area (Å²) in [6.45, 7) is 1.05. The molecule has 6 nitrogen and oxygen atoms in total. The van der Waals surface area contributed by atoms with Gasteiger partial charge in [0, 0.05) is 12.1 Å². The van der Waals surface area contributed by atoms with Crippen LogP contribution in [0.4, 0.5) is 5.69 Å². The lowest BCUT2D eigenvalue weighted by Crippen LogP contribution is -2.43. The van der Waals surface area contributed by atoms with Crippen molar-refractivity contribution in [2.24, 2.45) is 0 Å². The molecule has 80 valence electrons. The van der Waals surface area contributed by atoms with E-state index in [4.69, 9.17) is 0 Å². The zero-order valence-corrected chi connectivity index (χ0v) is 7.84. The summed E-state index contributed by atoms with van der Waals surface area (Å²) >= 11 is 0. The maximum absolute atomic E-state index is 10.5. The molecule has 1 rings (SSSR count). The molecular formula is C9H8NO5-. The van der Waals surface area contributed by atoms with Gasteiger partial charge in [0.2, 0.25) is 0 Å². The minimum Gasteiger partial charge on any atom is -0.547 e. The van der Waals surface area contributed by atoms with Crippen molar-refractivity contribution in [2.75, 3.05) is 0 Å². The molecule has 1 aromatic rings. The predicted octanol–water partition coefficient (Wildman–Crippen LogP) is -0.448. The Hall–Kier alpha value is -1.95. The molecule has 0 saturated carbocycles. The molecule has 0 saturated heterocycles. The molecule has 15 heavy (non-hydrogen) atoms. The van der Waals surface area contributed by atoms with E-state index < -0.39 is 16.5 Å². The number of rotatable bonds is 3. The molecule has 0 radical (unpaired) electrons. The molecule has 0 aliphatic carbocycles. The van der Waals surface area contributed by atoms with Crippen molar-refractivity contribution in [1.29, 1.82) is 0 Å². The first-order chi connectivity index (χ1) is 6.85. The minimum absolute atomic E-state index is 0.0353. The van der Waals surface area contributed by atoms with Gasteiger partial charge in [-0.3, -0.25) is 10.1 Å². The van der Waals surface area contributed by atoms with E-state index in [1.165, 1.54) is 12.1 Å². The molecule has 0 aromatic heterocycles. The summed E-state index contributed by atoms with van der Waals surface area (Å²) in [7, 11) is 0. The van der Waals surface area contributed by atoms with Crippen LogP contribution in [0.3, 0.4) is 0 Å². The Morgan fingerprint density at radius 2 is 1.87 bits per heavy atom. The average Bonchev–Trinajstić information content (AvgIpc) is 2.17. The summed E-state index contributed by atoms with van der Waals surface area (Å²) in [6.07, 6.45) is 0. The molecule has 0 heterocycles. The Bertz CT molecular complexity index is 395. The number of aliphatic carboxylic acids is 1. The number of nitro benzene ring substituents is 1. The maximum atomic E-state index is 10.5. The number of aliphatic hydroxyl groups is 1. The molecule has 1 unspecified atom stereocenters. The highest BCUT2D eigenvalue weighted by molar-refractivity contribution is 5.76. The summed E-state index contributed by atoms with van der Waals surface area (Å²) in [5.74, 6) is -1.66. The van der Waals surface area contributed by atoms with Gasteiger partial charge in [0.05, 0.1) is 10.9 Å². The third-order valence-electron chi connectivity index (χ3n) is 2.04. The van der Waals surface area contributed by atoms with E-state index in [2.05, 4.69) is 0 Å². The van der Waals surface area contributed by atoms with Crippen LogP contribution >= 0.6 is 0 Å². The van der Waals surface area contributed by atoms with Crippen molar-refractivity contribution in [1.82, 2.24) is 0 Å². The number of hydrogen-bond donors (Lipinski definition) is 1. The van der Waals surface area contributed by atoms with Crippen LogP contribution in [0.15, 0.2) is 24.3 Å². The highest BCUT2D eigenvalue weighted by Gasteiger charge is 2.25. The molecule has 1 atom stereocenters. The van der Waals surface area contributed by atoms with Gasteiger partial charge >= 0.3 is 0 Å². The number of carbonyl (C=O) groups is 1. The first-order valence-corrected chi connectivity index (χ1v) is 4.04. The summed E-state index contributed by atoms with van der Waals surface area (Å²) in [4.78, 5) is 20.2. The van der Waals surface area contributed by atoms with E-state index in [0.29, 0.717) is 0 Å². The third kappa shape index (κ3) is 2.10. The van der Waals surface area contributed by atoms with E-state index in [0.717, 1.165) is 19.1 Å². The lowest BCUT2D eigenvalue weighted by Gasteiger charge is -2.24. The van der Waals surface area contributed by atoms with E-state index in [-0.39, 0.29) is 11.3 Å². The van der Waals surface area contributed by atoms with E-state index in [1.54, 1.807) is 0 Å². The average molecular weight is 210 g/mol. The standard InChI is InChI=1S/C9H9NO5/c1-9(13,8(11)12)6-2-4-7(5-3-6)10(14)15/h2-5,13H,1H3,(H,11,12)/p-1. The van der Waals surface area contributed by atoms with Crippen molar-refractivity contribution < 1.29 is 19.9 Å². The van der Waals surface area contributed by atoms with Crippen molar-refractivity contribution in [3.63, 3.8) is 0 Å². The summed E-state index contributed by atoms with van der Waals surface area (Å²) in [5, 5.41) is 30.3. The highest BCUT2D eigenvalue weighted by atomic mass is 16.6. The number of hydrogen-bond acceptors (Lipinski definition) is 5. The number of nitrogens with zero attached hydrogens (tertiary/aromatic N) is 1. The van der Waals surface area contributed by atoms with E-state index in [9.17, 15) is 25.1 Å². The van der Waals surface area contributed by atoms with Gasteiger partial charge in [0.1, 0.15) is 5.60 Å². The highest BCUT2D eigenvalue weighted by Crippen LogP contribution is 2.22. The summed E-state index contributed by atoms with van der Waals surface area (Å²) < 4.78 is 0. The first-order valence-electron chi connectivity index (χ1n) is 4.04. The van der Waals surface area contributed by atoms with Crippen LogP contribution in [0.1, 0.15) is 12.5 Å². The fourth-order valence-corrected chi connectivity index (χ4v) is 1.03. The molecular weight excluding hydrogens is 202 g/mol. The van der Waals surface area contributed by atoms with Crippen LogP contribution in [0.25, 0.3) is 0 Å². The maximum Gasteiger partial charge on any atom is 0.269 e. The van der Waals surface area contributed by atoms with E-state index in [1.807, 2.05) is 0 Å². The van der Waals surface area contributed by atoms with Gasteiger partial charge in [-0.2, -0.15) is 0 Å². The molecule has 1 N–H and O–H groups in total. The third-order valence-corrected chi connectivity index (χ3v) is 2.04. The van der Waals surface area contributed by atoms with Crippen LogP contribution in [0.5, 0.6) is 0 Å². The van der Waals surface area contributed by atoms with Gasteiger partial charge < -0.3 is 15.0 Å². The van der Waals surface area contributed by atoms with Gasteiger partial charge in [0.25, 0.3) is 5.69 Å². The van der Waals surface area contributed by atoms with Gasteiger partial charge in [-0.15, -0.1) is 0 Å². The van der Waals surface area contributed by atoms with Crippen LogP contribution in [0.2, 0.25) is 0 Å². The lowest BCUT2D eigenvalue weighted by molar-refractivity contribution is -0.384. The van der Waals surface area contributed by atoms with Gasteiger partial charge in [-0.1, -0.05) is 0 Å². The SMILES string of the molecule is CC(O)(C(=O)[O-])c1ccc([N+](=O)[O-])cc1. The summed E-state index contributed by atoms with van der Waals surface area (Å²) in [5.41, 5.74) is -2.28. The van der Waals surface area contributed by atoms with Crippen LogP contribution in [-0.4, -0.2) is 16.0 Å². The van der Waals surface area contributed by atoms with Gasteiger partial charge in [0.15, 0.2) is 0 Å². The van der Waals surface area contributed by atoms with E-state index >= 15 is 0 Å². The predicted molar refractivity (Wildman–Crippen MR) is 47.7 cm³/mol. The minimum atomic E-state index is -2.14. The molecule has 6 heteroatoms. The van der Waals surface area contributed by atoms with Crippen LogP contribution in [0, 0.1) is 10.1 Å². The second-order valence-electron chi connectivity index (χ2n) is 3.16. The molecule has 0 fully saturated rings. The second kappa shape index (κ2) is 3.66. The Labute approximate surface area is 84.9 Å². The number of benzene rings is 1. The van der Waals surface area contributed by atoms with Gasteiger partial charge in [-0.05, 0) is 24.6 Å². The van der Waals surface area contributed by atoms with Crippen molar-refractivity contribution in [3.8, 4) is 0 Å². The smallest absolute Gasteiger partial charge is 0.269 e. The molecule has 1 aromatic carbocycles. The zero-order valence-electron chi connectivity index (χ0n) is 7.84. The number of non-ortho nitro benzene ring substituents is 1. The Kier molecular flexibility index (Phi) is 2.71. The zero-order chi connectivity index (χ0) is 11.6. The second-order valence-corrected chi connectivity index (χ2v) is 3.16. The van der Waals surface area contributed by atoms with Gasteiger partial charge in [-0.25, -0.2) is 0 Å². The number of carbonyl (C=O) groups excluding carboxylic acids is 1. The first kappa shape index (κ1) is 11.1. The molecule has 0 bridgehead atoms. The van der Waals surface area contributed by atoms with Crippen molar-refractivity contribution >= 4 is 11.7 Å². The Balaban J connectivity index is 3.09. The lowest BCUT2D eigenvalue weighted by atomic mass is 9.96. The van der Waals surface area contributed by atoms with Crippen molar-refractivity contribution in [2.45, 2.75) is 12.5 Å². The Morgan fingerprint density at radius 1 is 1.40 bits per heavy atom. The topological polar surface area (TPSA) is 104 Å². The normalized spacial score (nSPS) is 14.3. The quantitative estimate of drug-likeness (QED) is 0.537. The Morgan fingerprint density at radius 3 is 2.20 bits per heavy atom. The number of nitro groups is 1. The van der Waals surface area contributed by atoms with Crippen LogP contribution < -0.4 is 5.11 Å². The molecule has 0 aliphatic rings. The monoisotopic (exact) mass is 210 g/mol. The van der Waals surface area contributed by atoms with Crippen molar-refractivity contribution in [3.05, 3.63) is 39.9 Å². The molecule has 0 amide bonds. The fraction of sp³-hybridized carbons (Fsp3) is 0.222. The number of carboxylic acid groups (broad SMARTS) is 1. The molecule has 0 spiro atoms. The fourth-order valence-electron chi connectivity index (χ4n) is 1.03.